The number of amides is 1. The highest BCUT2D eigenvalue weighted by atomic mass is 16.6. The molecule has 0 aromatic heterocycles. The summed E-state index contributed by atoms with van der Waals surface area (Å²) in [7, 11) is 2.24. The van der Waals surface area contributed by atoms with Crippen molar-refractivity contribution in [2.75, 3.05) is 45.8 Å². The first-order valence-electron chi connectivity index (χ1n) is 8.59. The lowest BCUT2D eigenvalue weighted by molar-refractivity contribution is -0.385. The molecular formula is C18H21N3O8. The Balaban J connectivity index is 2.49. The molecular weight excluding hydrogens is 386 g/mol. The Hall–Kier alpha value is -3.47. The Morgan fingerprint density at radius 1 is 1.21 bits per heavy atom. The van der Waals surface area contributed by atoms with Crippen LogP contribution in [0.2, 0.25) is 0 Å². The van der Waals surface area contributed by atoms with Crippen molar-refractivity contribution in [3.8, 4) is 0 Å². The van der Waals surface area contributed by atoms with Crippen LogP contribution in [0.5, 0.6) is 0 Å². The molecule has 1 aromatic carbocycles. The number of benzene rings is 1. The lowest BCUT2D eigenvalue weighted by atomic mass is 10.1. The molecule has 1 fully saturated rings. The summed E-state index contributed by atoms with van der Waals surface area (Å²) in [6, 6.07) is 2.56. The Bertz CT molecular complexity index is 859. The largest absolute Gasteiger partial charge is 0.466 e. The molecule has 0 aliphatic carbocycles. The van der Waals surface area contributed by atoms with Gasteiger partial charge in [-0.15, -0.1) is 0 Å². The van der Waals surface area contributed by atoms with Crippen LogP contribution in [0, 0.1) is 17.0 Å². The number of nitrogens with one attached hydrogen (secondary N) is 1. The number of nitro benzene ring substituents is 1. The molecule has 0 bridgehead atoms. The lowest BCUT2D eigenvalue weighted by Gasteiger charge is -2.27. The number of methoxy groups -OCH3 is 2. The fraction of sp³-hybridized carbons (Fsp3) is 0.389. The van der Waals surface area contributed by atoms with Crippen molar-refractivity contribution in [2.45, 2.75) is 6.92 Å². The van der Waals surface area contributed by atoms with Crippen molar-refractivity contribution in [3.05, 3.63) is 45.1 Å². The molecule has 0 spiro atoms. The van der Waals surface area contributed by atoms with Crippen molar-refractivity contribution < 1.29 is 33.5 Å². The molecule has 0 saturated carbocycles. The third-order valence-electron chi connectivity index (χ3n) is 4.26. The SMILES string of the molecule is COC(=O)/C=C(/Nc1cc(C(=O)N2CCOCC2)cc([N+](=O)[O-])c1C)C(=O)OC. The first-order valence-corrected chi connectivity index (χ1v) is 8.59. The van der Waals surface area contributed by atoms with Gasteiger partial charge in [0.2, 0.25) is 0 Å². The number of hydrogen-bond donors (Lipinski definition) is 1. The topological polar surface area (TPSA) is 137 Å². The molecule has 1 aliphatic heterocycles. The van der Waals surface area contributed by atoms with Gasteiger partial charge in [-0.1, -0.05) is 0 Å². The Kier molecular flexibility index (Phi) is 7.26. The van der Waals surface area contributed by atoms with Gasteiger partial charge in [0.05, 0.1) is 44.0 Å². The number of hydrogen-bond acceptors (Lipinski definition) is 9. The van der Waals surface area contributed by atoms with E-state index < -0.39 is 22.8 Å². The number of carbonyl (C=O) groups is 3. The summed E-state index contributed by atoms with van der Waals surface area (Å²) in [4.78, 5) is 48.7. The van der Waals surface area contributed by atoms with Crippen LogP contribution in [0.15, 0.2) is 23.9 Å². The van der Waals surface area contributed by atoms with Gasteiger partial charge in [0.1, 0.15) is 5.70 Å². The zero-order valence-corrected chi connectivity index (χ0v) is 16.2. The highest BCUT2D eigenvalue weighted by molar-refractivity contribution is 6.00. The van der Waals surface area contributed by atoms with Crippen molar-refractivity contribution in [3.63, 3.8) is 0 Å². The molecule has 1 aliphatic rings. The number of nitro groups is 1. The molecule has 1 amide bonds. The molecule has 29 heavy (non-hydrogen) atoms. The van der Waals surface area contributed by atoms with Gasteiger partial charge in [0, 0.05) is 30.4 Å². The number of ether oxygens (including phenoxy) is 3. The molecule has 11 nitrogen and oxygen atoms in total. The summed E-state index contributed by atoms with van der Waals surface area (Å²) < 4.78 is 14.3. The van der Waals surface area contributed by atoms with Gasteiger partial charge in [-0.2, -0.15) is 0 Å². The van der Waals surface area contributed by atoms with Crippen LogP contribution in [-0.4, -0.2) is 68.2 Å². The maximum Gasteiger partial charge on any atom is 0.354 e. The van der Waals surface area contributed by atoms with Crippen LogP contribution in [0.3, 0.4) is 0 Å². The highest BCUT2D eigenvalue weighted by Gasteiger charge is 2.25. The van der Waals surface area contributed by atoms with Crippen LogP contribution < -0.4 is 5.32 Å². The monoisotopic (exact) mass is 407 g/mol. The van der Waals surface area contributed by atoms with Gasteiger partial charge >= 0.3 is 11.9 Å². The predicted octanol–water partition coefficient (Wildman–Crippen LogP) is 1.02. The van der Waals surface area contributed by atoms with Gasteiger partial charge in [0.25, 0.3) is 11.6 Å². The van der Waals surface area contributed by atoms with Crippen LogP contribution >= 0.6 is 0 Å². The number of morpholine rings is 1. The molecule has 0 radical (unpaired) electrons. The summed E-state index contributed by atoms with van der Waals surface area (Å²) in [6.07, 6.45) is 0.855. The van der Waals surface area contributed by atoms with Crippen LogP contribution in [0.4, 0.5) is 11.4 Å². The second-order valence-corrected chi connectivity index (χ2v) is 6.03. The average molecular weight is 407 g/mol. The van der Waals surface area contributed by atoms with Gasteiger partial charge in [0.15, 0.2) is 0 Å². The summed E-state index contributed by atoms with van der Waals surface area (Å²) in [5, 5.41) is 14.1. The van der Waals surface area contributed by atoms with E-state index in [0.717, 1.165) is 20.3 Å². The normalized spacial score (nSPS) is 14.2. The minimum atomic E-state index is -0.887. The average Bonchev–Trinajstić information content (AvgIpc) is 2.73. The van der Waals surface area contributed by atoms with Crippen LogP contribution in [0.25, 0.3) is 0 Å². The van der Waals surface area contributed by atoms with E-state index in [-0.39, 0.29) is 28.2 Å². The van der Waals surface area contributed by atoms with E-state index in [0.29, 0.717) is 26.3 Å². The van der Waals surface area contributed by atoms with Crippen LogP contribution in [0.1, 0.15) is 15.9 Å². The number of carbonyl (C=O) groups excluding carboxylic acids is 3. The number of rotatable bonds is 6. The van der Waals surface area contributed by atoms with E-state index in [9.17, 15) is 24.5 Å². The van der Waals surface area contributed by atoms with E-state index in [1.165, 1.54) is 24.0 Å². The fourth-order valence-electron chi connectivity index (χ4n) is 2.67. The summed E-state index contributed by atoms with van der Waals surface area (Å²) in [5.74, 6) is -2.12. The van der Waals surface area contributed by atoms with Crippen molar-refractivity contribution >= 4 is 29.2 Å². The Morgan fingerprint density at radius 2 is 1.86 bits per heavy atom. The Morgan fingerprint density at radius 3 is 2.41 bits per heavy atom. The summed E-state index contributed by atoms with van der Waals surface area (Å²) in [5.41, 5.74) is -0.264. The summed E-state index contributed by atoms with van der Waals surface area (Å²) >= 11 is 0. The van der Waals surface area contributed by atoms with Gasteiger partial charge in [-0.3, -0.25) is 14.9 Å². The molecule has 0 unspecified atom stereocenters. The molecule has 0 atom stereocenters. The second-order valence-electron chi connectivity index (χ2n) is 6.03. The second kappa shape index (κ2) is 9.64. The zero-order chi connectivity index (χ0) is 21.6. The first kappa shape index (κ1) is 21.8. The predicted molar refractivity (Wildman–Crippen MR) is 100 cm³/mol. The number of nitrogens with zero attached hydrogens (tertiary/aromatic N) is 2. The molecule has 1 heterocycles. The van der Waals surface area contributed by atoms with E-state index in [2.05, 4.69) is 14.8 Å². The molecule has 1 aromatic rings. The van der Waals surface area contributed by atoms with Crippen molar-refractivity contribution in [1.29, 1.82) is 0 Å². The summed E-state index contributed by atoms with van der Waals surface area (Å²) in [6.45, 7) is 2.92. The molecule has 2 rings (SSSR count). The molecule has 1 saturated heterocycles. The van der Waals surface area contributed by atoms with E-state index >= 15 is 0 Å². The fourth-order valence-corrected chi connectivity index (χ4v) is 2.67. The smallest absolute Gasteiger partial charge is 0.354 e. The van der Waals surface area contributed by atoms with Gasteiger partial charge < -0.3 is 24.4 Å². The van der Waals surface area contributed by atoms with Crippen molar-refractivity contribution in [1.82, 2.24) is 4.90 Å². The van der Waals surface area contributed by atoms with E-state index in [1.807, 2.05) is 0 Å². The minimum absolute atomic E-state index is 0.0639. The molecule has 1 N–H and O–H groups in total. The lowest BCUT2D eigenvalue weighted by Crippen LogP contribution is -2.40. The third kappa shape index (κ3) is 5.29. The van der Waals surface area contributed by atoms with E-state index in [1.54, 1.807) is 0 Å². The van der Waals surface area contributed by atoms with Gasteiger partial charge in [-0.25, -0.2) is 9.59 Å². The molecule has 156 valence electrons. The molecule has 11 heteroatoms. The van der Waals surface area contributed by atoms with Crippen LogP contribution in [-0.2, 0) is 23.8 Å². The number of anilines is 1. The quantitative estimate of drug-likeness (QED) is 0.317. The minimum Gasteiger partial charge on any atom is -0.466 e. The zero-order valence-electron chi connectivity index (χ0n) is 16.2. The third-order valence-corrected chi connectivity index (χ3v) is 4.26. The standard InChI is InChI=1S/C18H21N3O8/c1-11-13(19-14(18(24)28-3)10-16(22)27-2)8-12(9-15(11)21(25)26)17(23)20-4-6-29-7-5-20/h8-10,19H,4-7H2,1-3H3/b14-10+. The van der Waals surface area contributed by atoms with Gasteiger partial charge in [-0.05, 0) is 13.0 Å². The number of esters is 2. The Labute approximate surface area is 166 Å². The maximum atomic E-state index is 12.8. The van der Waals surface area contributed by atoms with Crippen molar-refractivity contribution in [2.24, 2.45) is 0 Å². The highest BCUT2D eigenvalue weighted by Crippen LogP contribution is 2.29. The van der Waals surface area contributed by atoms with E-state index in [4.69, 9.17) is 4.74 Å². The maximum absolute atomic E-state index is 12.8. The first-order chi connectivity index (χ1) is 13.8.